The van der Waals surface area contributed by atoms with Crippen molar-refractivity contribution in [1.29, 1.82) is 0 Å². The van der Waals surface area contributed by atoms with Gasteiger partial charge in [-0.05, 0) is 30.5 Å². The summed E-state index contributed by atoms with van der Waals surface area (Å²) in [4.78, 5) is 2.16. The van der Waals surface area contributed by atoms with Crippen molar-refractivity contribution in [2.45, 2.75) is 44.8 Å². The molecule has 3 aromatic carbocycles. The molecule has 0 bridgehead atoms. The molecule has 1 N–H and O–H groups in total. The second-order valence-electron chi connectivity index (χ2n) is 7.74. The minimum Gasteiger partial charge on any atom is -0.388 e. The largest absolute Gasteiger partial charge is 0.388 e. The van der Waals surface area contributed by atoms with Crippen LogP contribution in [0.3, 0.4) is 0 Å². The van der Waals surface area contributed by atoms with Gasteiger partial charge in [-0.15, -0.1) is 0 Å². The highest BCUT2D eigenvalue weighted by atomic mass is 19.1. The van der Waals surface area contributed by atoms with Crippen LogP contribution in [0.2, 0.25) is 0 Å². The molecule has 0 amide bonds. The smallest absolute Gasteiger partial charge is 0.133 e. The molecule has 0 aromatic heterocycles. The minimum absolute atomic E-state index is 0.471. The van der Waals surface area contributed by atoms with Crippen molar-refractivity contribution >= 4 is 0 Å². The lowest BCUT2D eigenvalue weighted by Gasteiger charge is -2.39. The molecule has 3 rings (SSSR count). The van der Waals surface area contributed by atoms with E-state index in [1.165, 1.54) is 13.8 Å². The van der Waals surface area contributed by atoms with Crippen LogP contribution in [0.4, 0.5) is 4.39 Å². The maximum atomic E-state index is 14.9. The summed E-state index contributed by atoms with van der Waals surface area (Å²) in [6, 6.07) is 29.5. The van der Waals surface area contributed by atoms with Crippen LogP contribution in [0.1, 0.15) is 36.6 Å². The maximum Gasteiger partial charge on any atom is 0.133 e. The number of aliphatic hydroxyl groups excluding tert-OH is 1. The van der Waals surface area contributed by atoms with E-state index in [4.69, 9.17) is 0 Å². The standard InChI is InChI=1S/C25H28FNO/c1-25(2,26)24(28)23(22-16-10-5-11-17-22)27(18-20-12-6-3-7-13-20)19-21-14-8-4-9-15-21/h3-17,23-24,28H,18-19H2,1-2H3/t23-,24+/m0/s1. The molecule has 146 valence electrons. The summed E-state index contributed by atoms with van der Waals surface area (Å²) in [5.74, 6) is 0. The summed E-state index contributed by atoms with van der Waals surface area (Å²) in [6.45, 7) is 4.11. The zero-order valence-corrected chi connectivity index (χ0v) is 16.5. The van der Waals surface area contributed by atoms with Gasteiger partial charge in [0.2, 0.25) is 0 Å². The van der Waals surface area contributed by atoms with Gasteiger partial charge in [0.05, 0.1) is 6.04 Å². The highest BCUT2D eigenvalue weighted by Gasteiger charge is 2.38. The number of aliphatic hydroxyl groups is 1. The summed E-state index contributed by atoms with van der Waals surface area (Å²) >= 11 is 0. The summed E-state index contributed by atoms with van der Waals surface area (Å²) < 4.78 is 14.9. The molecule has 0 radical (unpaired) electrons. The second kappa shape index (κ2) is 9.13. The predicted molar refractivity (Wildman–Crippen MR) is 113 cm³/mol. The van der Waals surface area contributed by atoms with Gasteiger partial charge in [0.15, 0.2) is 0 Å². The van der Waals surface area contributed by atoms with Crippen LogP contribution >= 0.6 is 0 Å². The molecule has 0 heterocycles. The monoisotopic (exact) mass is 377 g/mol. The van der Waals surface area contributed by atoms with Gasteiger partial charge in [-0.2, -0.15) is 0 Å². The molecule has 3 aromatic rings. The van der Waals surface area contributed by atoms with Crippen LogP contribution < -0.4 is 0 Å². The normalized spacial score (nSPS) is 14.0. The lowest BCUT2D eigenvalue weighted by atomic mass is 9.89. The molecular weight excluding hydrogens is 349 g/mol. The van der Waals surface area contributed by atoms with Gasteiger partial charge in [0.25, 0.3) is 0 Å². The third kappa shape index (κ3) is 5.28. The summed E-state index contributed by atoms with van der Waals surface area (Å²) in [5, 5.41) is 11.0. The van der Waals surface area contributed by atoms with Crippen molar-refractivity contribution in [1.82, 2.24) is 4.90 Å². The first-order chi connectivity index (χ1) is 13.4. The first kappa shape index (κ1) is 20.2. The van der Waals surface area contributed by atoms with E-state index < -0.39 is 17.8 Å². The fourth-order valence-electron chi connectivity index (χ4n) is 3.51. The molecule has 0 aliphatic carbocycles. The highest BCUT2D eigenvalue weighted by molar-refractivity contribution is 5.24. The van der Waals surface area contributed by atoms with E-state index in [2.05, 4.69) is 29.2 Å². The second-order valence-corrected chi connectivity index (χ2v) is 7.74. The Kier molecular flexibility index (Phi) is 6.61. The molecule has 0 saturated heterocycles. The quantitative estimate of drug-likeness (QED) is 0.557. The van der Waals surface area contributed by atoms with Gasteiger partial charge in [-0.1, -0.05) is 91.0 Å². The fraction of sp³-hybridized carbons (Fsp3) is 0.280. The summed E-state index contributed by atoms with van der Waals surface area (Å²) in [6.07, 6.45) is -1.16. The summed E-state index contributed by atoms with van der Waals surface area (Å²) in [7, 11) is 0. The number of rotatable bonds is 8. The lowest BCUT2D eigenvalue weighted by molar-refractivity contribution is -0.0515. The van der Waals surface area contributed by atoms with Crippen LogP contribution in [0.15, 0.2) is 91.0 Å². The Morgan fingerprint density at radius 3 is 1.54 bits per heavy atom. The Labute approximate surface area is 167 Å². The van der Waals surface area contributed by atoms with Crippen LogP contribution in [-0.2, 0) is 13.1 Å². The van der Waals surface area contributed by atoms with Crippen molar-refractivity contribution in [2.24, 2.45) is 0 Å². The Morgan fingerprint density at radius 2 is 1.14 bits per heavy atom. The minimum atomic E-state index is -1.73. The van der Waals surface area contributed by atoms with Crippen molar-refractivity contribution in [3.05, 3.63) is 108 Å². The Hall–Kier alpha value is -2.49. The van der Waals surface area contributed by atoms with E-state index >= 15 is 0 Å². The SMILES string of the molecule is CC(C)(F)[C@H](O)[C@H](c1ccccc1)N(Cc1ccccc1)Cc1ccccc1. The average molecular weight is 378 g/mol. The molecule has 3 heteroatoms. The molecule has 28 heavy (non-hydrogen) atoms. The Bertz CT molecular complexity index is 789. The van der Waals surface area contributed by atoms with Crippen LogP contribution in [0.5, 0.6) is 0 Å². The highest BCUT2D eigenvalue weighted by Crippen LogP contribution is 2.34. The first-order valence-corrected chi connectivity index (χ1v) is 9.69. The van der Waals surface area contributed by atoms with E-state index in [0.717, 1.165) is 16.7 Å². The van der Waals surface area contributed by atoms with Gasteiger partial charge < -0.3 is 5.11 Å². The van der Waals surface area contributed by atoms with Gasteiger partial charge in [-0.25, -0.2) is 4.39 Å². The van der Waals surface area contributed by atoms with Crippen LogP contribution in [0, 0.1) is 0 Å². The molecule has 2 atom stereocenters. The van der Waals surface area contributed by atoms with E-state index in [9.17, 15) is 9.50 Å². The van der Waals surface area contributed by atoms with Crippen molar-refractivity contribution in [2.75, 3.05) is 0 Å². The first-order valence-electron chi connectivity index (χ1n) is 9.69. The number of halogens is 1. The molecular formula is C25H28FNO. The van der Waals surface area contributed by atoms with Gasteiger partial charge in [0.1, 0.15) is 11.8 Å². The Balaban J connectivity index is 2.01. The number of hydrogen-bond acceptors (Lipinski definition) is 2. The predicted octanol–water partition coefficient (Wildman–Crippen LogP) is 5.54. The van der Waals surface area contributed by atoms with Crippen molar-refractivity contribution in [3.8, 4) is 0 Å². The summed E-state index contributed by atoms with van der Waals surface area (Å²) in [5.41, 5.74) is 1.44. The number of alkyl halides is 1. The number of benzene rings is 3. The van der Waals surface area contributed by atoms with E-state index in [-0.39, 0.29) is 0 Å². The fourth-order valence-corrected chi connectivity index (χ4v) is 3.51. The molecule has 2 nitrogen and oxygen atoms in total. The molecule has 0 spiro atoms. The zero-order valence-electron chi connectivity index (χ0n) is 16.5. The van der Waals surface area contributed by atoms with Crippen molar-refractivity contribution < 1.29 is 9.50 Å². The van der Waals surface area contributed by atoms with E-state index in [1.54, 1.807) is 0 Å². The maximum absolute atomic E-state index is 14.9. The average Bonchev–Trinajstić information content (AvgIpc) is 2.70. The van der Waals surface area contributed by atoms with Crippen molar-refractivity contribution in [3.63, 3.8) is 0 Å². The van der Waals surface area contributed by atoms with Crippen LogP contribution in [0.25, 0.3) is 0 Å². The van der Waals surface area contributed by atoms with Gasteiger partial charge in [-0.3, -0.25) is 4.90 Å². The Morgan fingerprint density at radius 1 is 0.750 bits per heavy atom. The van der Waals surface area contributed by atoms with E-state index in [0.29, 0.717) is 13.1 Å². The lowest BCUT2D eigenvalue weighted by Crippen LogP contribution is -2.44. The third-order valence-electron chi connectivity index (χ3n) is 4.99. The van der Waals surface area contributed by atoms with Crippen LogP contribution in [-0.4, -0.2) is 21.8 Å². The van der Waals surface area contributed by atoms with E-state index in [1.807, 2.05) is 66.7 Å². The molecule has 0 saturated carbocycles. The van der Waals surface area contributed by atoms with Gasteiger partial charge >= 0.3 is 0 Å². The molecule has 0 unspecified atom stereocenters. The topological polar surface area (TPSA) is 23.5 Å². The zero-order chi connectivity index (χ0) is 20.0. The van der Waals surface area contributed by atoms with Gasteiger partial charge in [0, 0.05) is 13.1 Å². The number of nitrogens with zero attached hydrogens (tertiary/aromatic N) is 1. The molecule has 0 fully saturated rings. The molecule has 0 aliphatic rings. The molecule has 0 aliphatic heterocycles. The number of hydrogen-bond donors (Lipinski definition) is 1. The third-order valence-corrected chi connectivity index (χ3v) is 4.99.